The van der Waals surface area contributed by atoms with E-state index in [-0.39, 0.29) is 0 Å². The molecule has 4 heteroatoms. The number of nitrogens with zero attached hydrogens (tertiary/aromatic N) is 4. The molecule has 2 rings (SSSR count). The third-order valence-electron chi connectivity index (χ3n) is 3.10. The fraction of sp³-hybridized carbons (Fsp3) is 0.667. The second-order valence-electron chi connectivity index (χ2n) is 4.08. The Balaban J connectivity index is 2.18. The monoisotopic (exact) mass is 220 g/mol. The number of rotatable bonds is 4. The van der Waals surface area contributed by atoms with Gasteiger partial charge in [-0.15, -0.1) is 0 Å². The summed E-state index contributed by atoms with van der Waals surface area (Å²) in [6, 6.07) is 2.01. The first-order valence-electron chi connectivity index (χ1n) is 6.18. The van der Waals surface area contributed by atoms with E-state index in [1.54, 1.807) is 0 Å². The van der Waals surface area contributed by atoms with Gasteiger partial charge in [-0.25, -0.2) is 4.98 Å². The predicted octanol–water partition coefficient (Wildman–Crippen LogP) is 1.92. The van der Waals surface area contributed by atoms with Gasteiger partial charge in [0.2, 0.25) is 5.95 Å². The molecule has 1 aromatic rings. The van der Waals surface area contributed by atoms with Gasteiger partial charge >= 0.3 is 0 Å². The highest BCUT2D eigenvalue weighted by Gasteiger charge is 2.15. The third-order valence-corrected chi connectivity index (χ3v) is 3.10. The maximum absolute atomic E-state index is 4.64. The maximum Gasteiger partial charge on any atom is 0.227 e. The Hall–Kier alpha value is -1.32. The van der Waals surface area contributed by atoms with Crippen LogP contribution in [-0.2, 0) is 0 Å². The van der Waals surface area contributed by atoms with E-state index in [0.717, 1.165) is 37.9 Å². The predicted molar refractivity (Wildman–Crippen MR) is 67.0 cm³/mol. The number of anilines is 2. The van der Waals surface area contributed by atoms with Crippen LogP contribution in [0.15, 0.2) is 12.3 Å². The van der Waals surface area contributed by atoms with Crippen molar-refractivity contribution in [3.63, 3.8) is 0 Å². The van der Waals surface area contributed by atoms with Gasteiger partial charge in [-0.05, 0) is 32.8 Å². The minimum absolute atomic E-state index is 0.856. The summed E-state index contributed by atoms with van der Waals surface area (Å²) < 4.78 is 0. The molecule has 4 nitrogen and oxygen atoms in total. The summed E-state index contributed by atoms with van der Waals surface area (Å²) in [5.74, 6) is 1.93. The van der Waals surface area contributed by atoms with E-state index in [4.69, 9.17) is 0 Å². The standard InChI is InChI=1S/C12H20N4/c1-3-15(4-2)12-13-8-7-11(14-12)16-9-5-6-10-16/h7-8H,3-6,9-10H2,1-2H3. The quantitative estimate of drug-likeness (QED) is 0.776. The van der Waals surface area contributed by atoms with E-state index in [1.165, 1.54) is 12.8 Å². The maximum atomic E-state index is 4.64. The molecule has 0 bridgehead atoms. The molecular weight excluding hydrogens is 200 g/mol. The molecule has 1 fully saturated rings. The summed E-state index contributed by atoms with van der Waals surface area (Å²) >= 11 is 0. The topological polar surface area (TPSA) is 32.3 Å². The molecule has 0 radical (unpaired) electrons. The molecule has 1 aliphatic rings. The van der Waals surface area contributed by atoms with Gasteiger partial charge < -0.3 is 9.80 Å². The van der Waals surface area contributed by atoms with Gasteiger partial charge in [-0.2, -0.15) is 4.98 Å². The molecule has 1 aliphatic heterocycles. The molecule has 16 heavy (non-hydrogen) atoms. The van der Waals surface area contributed by atoms with E-state index in [2.05, 4.69) is 33.6 Å². The van der Waals surface area contributed by atoms with Crippen LogP contribution in [0.25, 0.3) is 0 Å². The summed E-state index contributed by atoms with van der Waals surface area (Å²) in [6.07, 6.45) is 4.43. The fourth-order valence-corrected chi connectivity index (χ4v) is 2.12. The highest BCUT2D eigenvalue weighted by atomic mass is 15.3. The van der Waals surface area contributed by atoms with Gasteiger partial charge in [-0.3, -0.25) is 0 Å². The smallest absolute Gasteiger partial charge is 0.227 e. The summed E-state index contributed by atoms with van der Waals surface area (Å²) in [5, 5.41) is 0. The molecule has 0 saturated carbocycles. The van der Waals surface area contributed by atoms with Crippen molar-refractivity contribution in [1.82, 2.24) is 9.97 Å². The van der Waals surface area contributed by atoms with E-state index in [1.807, 2.05) is 12.3 Å². The van der Waals surface area contributed by atoms with Gasteiger partial charge in [0.05, 0.1) is 0 Å². The van der Waals surface area contributed by atoms with Crippen molar-refractivity contribution in [2.24, 2.45) is 0 Å². The lowest BCUT2D eigenvalue weighted by atomic mass is 10.4. The second-order valence-corrected chi connectivity index (χ2v) is 4.08. The van der Waals surface area contributed by atoms with Gasteiger partial charge in [0.25, 0.3) is 0 Å². The third kappa shape index (κ3) is 2.26. The summed E-state index contributed by atoms with van der Waals surface area (Å²) in [7, 11) is 0. The minimum Gasteiger partial charge on any atom is -0.356 e. The molecule has 0 spiro atoms. The van der Waals surface area contributed by atoms with E-state index in [9.17, 15) is 0 Å². The Kier molecular flexibility index (Phi) is 3.59. The minimum atomic E-state index is 0.856. The van der Waals surface area contributed by atoms with Crippen LogP contribution >= 0.6 is 0 Å². The van der Waals surface area contributed by atoms with Crippen molar-refractivity contribution in [2.45, 2.75) is 26.7 Å². The van der Waals surface area contributed by atoms with Crippen LogP contribution in [0.3, 0.4) is 0 Å². The Labute approximate surface area is 97.3 Å². The van der Waals surface area contributed by atoms with Crippen LogP contribution in [0, 0.1) is 0 Å². The molecule has 1 aromatic heterocycles. The highest BCUT2D eigenvalue weighted by molar-refractivity contribution is 5.44. The van der Waals surface area contributed by atoms with Crippen LogP contribution in [-0.4, -0.2) is 36.1 Å². The van der Waals surface area contributed by atoms with E-state index in [0.29, 0.717) is 0 Å². The van der Waals surface area contributed by atoms with Crippen LogP contribution in [0.1, 0.15) is 26.7 Å². The SMILES string of the molecule is CCN(CC)c1nccc(N2CCCC2)n1. The molecule has 0 unspecified atom stereocenters. The zero-order chi connectivity index (χ0) is 11.4. The van der Waals surface area contributed by atoms with Crippen molar-refractivity contribution in [3.8, 4) is 0 Å². The molecule has 0 aliphatic carbocycles. The van der Waals surface area contributed by atoms with Gasteiger partial charge in [0, 0.05) is 32.4 Å². The normalized spacial score (nSPS) is 15.5. The Morgan fingerprint density at radius 2 is 1.94 bits per heavy atom. The lowest BCUT2D eigenvalue weighted by Gasteiger charge is -2.21. The van der Waals surface area contributed by atoms with Crippen LogP contribution in [0.2, 0.25) is 0 Å². The first-order chi connectivity index (χ1) is 7.85. The van der Waals surface area contributed by atoms with Crippen molar-refractivity contribution in [1.29, 1.82) is 0 Å². The first-order valence-corrected chi connectivity index (χ1v) is 6.18. The van der Waals surface area contributed by atoms with Crippen LogP contribution < -0.4 is 9.80 Å². The average molecular weight is 220 g/mol. The molecule has 0 N–H and O–H groups in total. The molecular formula is C12H20N4. The number of hydrogen-bond acceptors (Lipinski definition) is 4. The summed E-state index contributed by atoms with van der Waals surface area (Å²) in [4.78, 5) is 13.5. The molecule has 1 saturated heterocycles. The van der Waals surface area contributed by atoms with Crippen molar-refractivity contribution >= 4 is 11.8 Å². The lowest BCUT2D eigenvalue weighted by Crippen LogP contribution is -2.26. The zero-order valence-electron chi connectivity index (χ0n) is 10.2. The molecule has 0 aromatic carbocycles. The van der Waals surface area contributed by atoms with Gasteiger partial charge in [-0.1, -0.05) is 0 Å². The number of aromatic nitrogens is 2. The lowest BCUT2D eigenvalue weighted by molar-refractivity contribution is 0.812. The molecule has 0 atom stereocenters. The largest absolute Gasteiger partial charge is 0.356 e. The second kappa shape index (κ2) is 5.14. The summed E-state index contributed by atoms with van der Waals surface area (Å²) in [5.41, 5.74) is 0. The van der Waals surface area contributed by atoms with E-state index >= 15 is 0 Å². The fourth-order valence-electron chi connectivity index (χ4n) is 2.12. The van der Waals surface area contributed by atoms with Gasteiger partial charge in [0.15, 0.2) is 0 Å². The molecule has 0 amide bonds. The average Bonchev–Trinajstić information content (AvgIpc) is 2.85. The Morgan fingerprint density at radius 1 is 1.25 bits per heavy atom. The Morgan fingerprint density at radius 3 is 2.56 bits per heavy atom. The molecule has 88 valence electrons. The molecule has 2 heterocycles. The van der Waals surface area contributed by atoms with E-state index < -0.39 is 0 Å². The van der Waals surface area contributed by atoms with Crippen molar-refractivity contribution in [3.05, 3.63) is 12.3 Å². The zero-order valence-corrected chi connectivity index (χ0v) is 10.2. The van der Waals surface area contributed by atoms with Crippen LogP contribution in [0.5, 0.6) is 0 Å². The van der Waals surface area contributed by atoms with Crippen molar-refractivity contribution < 1.29 is 0 Å². The van der Waals surface area contributed by atoms with Gasteiger partial charge in [0.1, 0.15) is 5.82 Å². The summed E-state index contributed by atoms with van der Waals surface area (Å²) in [6.45, 7) is 8.45. The highest BCUT2D eigenvalue weighted by Crippen LogP contribution is 2.19. The Bertz CT molecular complexity index is 312. The number of hydrogen-bond donors (Lipinski definition) is 0. The van der Waals surface area contributed by atoms with Crippen molar-refractivity contribution in [2.75, 3.05) is 36.0 Å². The first kappa shape index (κ1) is 11.2. The van der Waals surface area contributed by atoms with Crippen LogP contribution in [0.4, 0.5) is 11.8 Å².